The van der Waals surface area contributed by atoms with E-state index in [1.807, 2.05) is 84.7 Å². The smallest absolute Gasteiger partial charge is 0.455 e. The molecule has 2 aromatic heterocycles. The number of nitrogens with zero attached hydrogens (tertiary/aromatic N) is 3. The van der Waals surface area contributed by atoms with Crippen LogP contribution in [0.5, 0.6) is 0 Å². The van der Waals surface area contributed by atoms with Crippen molar-refractivity contribution < 1.29 is 46.2 Å². The molecule has 0 spiro atoms. The SMILES string of the molecule is CC(C)(c1cc2cnccc2o1)N1CCN(C[C@@H](O)C[C@@H](Cc2ccccc2)C(=O)CN[C@H]2c3ccccc3C[C@H]2O)[C@H](C(=O)NCC(F)(F)C(F)(F)F)C1. The summed E-state index contributed by atoms with van der Waals surface area (Å²) in [5.41, 5.74) is 2.52. The van der Waals surface area contributed by atoms with Gasteiger partial charge in [-0.2, -0.15) is 22.0 Å². The Labute approximate surface area is 315 Å². The van der Waals surface area contributed by atoms with E-state index in [-0.39, 0.29) is 38.4 Å². The standard InChI is InChI=1S/C40H46F5N5O5/c1-38(2,35-19-28-20-46-13-12-34(28)55-35)50-15-14-49(31(23-50)37(54)48-24-39(41,42)40(43,44)45)22-29(51)17-27(16-25-8-4-3-5-9-25)33(53)21-47-36-30-11-7-6-10-26(30)18-32(36)52/h3-13,19-20,27,29,31-32,36,47,51-52H,14-18,21-24H2,1-2H3,(H,48,54)/t27-,29+,31+,32-,36+/m1/s1. The Morgan fingerprint density at radius 2 is 1.75 bits per heavy atom. The highest BCUT2D eigenvalue weighted by molar-refractivity contribution is 5.83. The number of alkyl halides is 5. The van der Waals surface area contributed by atoms with Crippen molar-refractivity contribution >= 4 is 22.7 Å². The van der Waals surface area contributed by atoms with Crippen molar-refractivity contribution in [3.63, 3.8) is 0 Å². The molecule has 1 saturated heterocycles. The second kappa shape index (κ2) is 16.4. The summed E-state index contributed by atoms with van der Waals surface area (Å²) in [4.78, 5) is 34.9. The van der Waals surface area contributed by atoms with Gasteiger partial charge in [0.15, 0.2) is 0 Å². The first-order valence-corrected chi connectivity index (χ1v) is 18.3. The zero-order valence-corrected chi connectivity index (χ0v) is 30.6. The van der Waals surface area contributed by atoms with Crippen molar-refractivity contribution in [2.75, 3.05) is 39.3 Å². The van der Waals surface area contributed by atoms with Crippen LogP contribution in [0.3, 0.4) is 0 Å². The maximum atomic E-state index is 13.9. The van der Waals surface area contributed by atoms with Gasteiger partial charge in [0.05, 0.1) is 36.9 Å². The van der Waals surface area contributed by atoms with E-state index in [2.05, 4.69) is 10.3 Å². The normalized spacial score (nSPS) is 21.0. The molecular formula is C40H46F5N5O5. The maximum absolute atomic E-state index is 13.9. The number of Topliss-reactive ketones (excluding diaryl/α,β-unsaturated/α-hetero) is 1. The molecule has 1 fully saturated rings. The Hall–Kier alpha value is -4.28. The first kappa shape index (κ1) is 40.4. The third-order valence-electron chi connectivity index (χ3n) is 10.9. The molecule has 10 nitrogen and oxygen atoms in total. The van der Waals surface area contributed by atoms with Crippen LogP contribution < -0.4 is 10.6 Å². The van der Waals surface area contributed by atoms with Crippen molar-refractivity contribution in [3.05, 3.63) is 102 Å². The van der Waals surface area contributed by atoms with Crippen molar-refractivity contribution in [3.8, 4) is 0 Å². The molecule has 6 rings (SSSR count). The van der Waals surface area contributed by atoms with Crippen molar-refractivity contribution in [1.29, 1.82) is 0 Å². The number of piperazine rings is 1. The number of nitrogens with one attached hydrogen (secondary N) is 2. The van der Waals surface area contributed by atoms with Gasteiger partial charge in [0, 0.05) is 56.3 Å². The van der Waals surface area contributed by atoms with Crippen LogP contribution >= 0.6 is 0 Å². The number of β-amino-alcohol motifs (C(OH)–C–C–N with tert-alkyl or cyclic N) is 1. The molecule has 1 aliphatic heterocycles. The molecule has 2 aromatic carbocycles. The van der Waals surface area contributed by atoms with Crippen LogP contribution in [0.4, 0.5) is 22.0 Å². The van der Waals surface area contributed by atoms with E-state index < -0.39 is 60.3 Å². The van der Waals surface area contributed by atoms with Crippen LogP contribution in [-0.4, -0.2) is 106 Å². The minimum absolute atomic E-state index is 0.0155. The summed E-state index contributed by atoms with van der Waals surface area (Å²) in [6.45, 7) is 1.93. The number of pyridine rings is 1. The van der Waals surface area contributed by atoms with E-state index in [1.165, 1.54) is 0 Å². The quantitative estimate of drug-likeness (QED) is 0.126. The van der Waals surface area contributed by atoms with E-state index in [0.29, 0.717) is 30.7 Å². The lowest BCUT2D eigenvalue weighted by Gasteiger charge is -2.47. The van der Waals surface area contributed by atoms with Gasteiger partial charge in [0.2, 0.25) is 5.91 Å². The number of rotatable bonds is 15. The van der Waals surface area contributed by atoms with Crippen molar-refractivity contribution in [1.82, 2.24) is 25.4 Å². The number of benzene rings is 2. The van der Waals surface area contributed by atoms with E-state index in [4.69, 9.17) is 4.42 Å². The molecule has 1 amide bonds. The second-order valence-corrected chi connectivity index (χ2v) is 15.0. The number of fused-ring (bicyclic) bond motifs is 2. The second-order valence-electron chi connectivity index (χ2n) is 15.0. The van der Waals surface area contributed by atoms with Gasteiger partial charge in [-0.05, 0) is 55.5 Å². The minimum atomic E-state index is -5.86. The summed E-state index contributed by atoms with van der Waals surface area (Å²) in [6.07, 6.45) is -3.79. The van der Waals surface area contributed by atoms with Gasteiger partial charge in [0.1, 0.15) is 23.2 Å². The van der Waals surface area contributed by atoms with Crippen LogP contribution in [0.25, 0.3) is 11.0 Å². The predicted octanol–water partition coefficient (Wildman–Crippen LogP) is 4.79. The molecule has 0 radical (unpaired) electrons. The Morgan fingerprint density at radius 3 is 2.47 bits per heavy atom. The first-order chi connectivity index (χ1) is 26.0. The number of aliphatic hydroxyl groups is 2. The Morgan fingerprint density at radius 1 is 1.02 bits per heavy atom. The van der Waals surface area contributed by atoms with Gasteiger partial charge in [-0.1, -0.05) is 54.6 Å². The average molecular weight is 772 g/mol. The number of halogens is 5. The van der Waals surface area contributed by atoms with Gasteiger partial charge in [-0.15, -0.1) is 0 Å². The van der Waals surface area contributed by atoms with Gasteiger partial charge < -0.3 is 25.3 Å². The number of aliphatic hydroxyl groups excluding tert-OH is 2. The molecule has 1 aliphatic carbocycles. The number of carbonyl (C=O) groups excluding carboxylic acids is 2. The topological polar surface area (TPSA) is 131 Å². The lowest BCUT2D eigenvalue weighted by molar-refractivity contribution is -0.278. The largest absolute Gasteiger partial charge is 0.459 e. The molecule has 0 unspecified atom stereocenters. The average Bonchev–Trinajstić information content (AvgIpc) is 3.73. The zero-order valence-electron chi connectivity index (χ0n) is 30.6. The van der Waals surface area contributed by atoms with Gasteiger partial charge >= 0.3 is 12.1 Å². The molecule has 4 N–H and O–H groups in total. The number of aromatic nitrogens is 1. The van der Waals surface area contributed by atoms with Gasteiger partial charge in [-0.3, -0.25) is 24.4 Å². The number of furan rings is 1. The van der Waals surface area contributed by atoms with E-state index in [1.54, 1.807) is 23.4 Å². The molecule has 296 valence electrons. The summed E-state index contributed by atoms with van der Waals surface area (Å²) in [5, 5.41) is 28.0. The lowest BCUT2D eigenvalue weighted by atomic mass is 9.89. The first-order valence-electron chi connectivity index (χ1n) is 18.3. The molecule has 4 aromatic rings. The van der Waals surface area contributed by atoms with Crippen LogP contribution in [0.2, 0.25) is 0 Å². The summed E-state index contributed by atoms with van der Waals surface area (Å²) < 4.78 is 73.0. The third-order valence-corrected chi connectivity index (χ3v) is 10.9. The van der Waals surface area contributed by atoms with E-state index in [9.17, 15) is 41.8 Å². The number of hydrogen-bond acceptors (Lipinski definition) is 9. The fourth-order valence-corrected chi connectivity index (χ4v) is 7.63. The third kappa shape index (κ3) is 9.24. The fraction of sp³-hybridized carbons (Fsp3) is 0.475. The lowest BCUT2D eigenvalue weighted by Crippen LogP contribution is -2.64. The molecule has 15 heteroatoms. The van der Waals surface area contributed by atoms with Crippen LogP contribution in [0.15, 0.2) is 83.5 Å². The molecule has 2 aliphatic rings. The maximum Gasteiger partial charge on any atom is 0.455 e. The number of ketones is 1. The summed E-state index contributed by atoms with van der Waals surface area (Å²) in [5.74, 6) is -6.55. The Balaban J connectivity index is 1.18. The number of amides is 1. The Kier molecular flexibility index (Phi) is 12.1. The minimum Gasteiger partial charge on any atom is -0.459 e. The molecule has 55 heavy (non-hydrogen) atoms. The number of carbonyl (C=O) groups is 2. The molecule has 0 bridgehead atoms. The van der Waals surface area contributed by atoms with E-state index in [0.717, 1.165) is 22.1 Å². The fourth-order valence-electron chi connectivity index (χ4n) is 7.63. The van der Waals surface area contributed by atoms with Crippen LogP contribution in [-0.2, 0) is 28.0 Å². The highest BCUT2D eigenvalue weighted by Gasteiger charge is 2.57. The van der Waals surface area contributed by atoms with Crippen molar-refractivity contribution in [2.45, 2.75) is 75.0 Å². The van der Waals surface area contributed by atoms with Gasteiger partial charge in [-0.25, -0.2) is 0 Å². The summed E-state index contributed by atoms with van der Waals surface area (Å²) in [7, 11) is 0. The molecular weight excluding hydrogens is 725 g/mol. The summed E-state index contributed by atoms with van der Waals surface area (Å²) >= 11 is 0. The highest BCUT2D eigenvalue weighted by Crippen LogP contribution is 2.36. The van der Waals surface area contributed by atoms with Gasteiger partial charge in [0.25, 0.3) is 0 Å². The summed E-state index contributed by atoms with van der Waals surface area (Å²) in [6, 6.07) is 18.7. The predicted molar refractivity (Wildman–Crippen MR) is 194 cm³/mol. The molecule has 0 saturated carbocycles. The van der Waals surface area contributed by atoms with Crippen molar-refractivity contribution in [2.24, 2.45) is 5.92 Å². The number of hydrogen-bond donors (Lipinski definition) is 4. The van der Waals surface area contributed by atoms with Crippen LogP contribution in [0, 0.1) is 5.92 Å². The van der Waals surface area contributed by atoms with Crippen LogP contribution in [0.1, 0.15) is 48.8 Å². The van der Waals surface area contributed by atoms with E-state index >= 15 is 0 Å². The molecule has 3 heterocycles. The Bertz CT molecular complexity index is 1910. The monoisotopic (exact) mass is 771 g/mol. The zero-order chi connectivity index (χ0) is 39.5. The molecule has 5 atom stereocenters. The highest BCUT2D eigenvalue weighted by atomic mass is 19.4.